The molecule has 0 radical (unpaired) electrons. The van der Waals surface area contributed by atoms with Crippen LogP contribution in [-0.2, 0) is 4.79 Å². The Bertz CT molecular complexity index is 190. The second-order valence-electron chi connectivity index (χ2n) is 4.67. The molecule has 0 aromatic rings. The van der Waals surface area contributed by atoms with Gasteiger partial charge in [0.2, 0.25) is 0 Å². The van der Waals surface area contributed by atoms with Crippen molar-refractivity contribution in [1.82, 2.24) is 0 Å². The summed E-state index contributed by atoms with van der Waals surface area (Å²) in [7, 11) is 0. The van der Waals surface area contributed by atoms with Crippen molar-refractivity contribution in [3.8, 4) is 0 Å². The van der Waals surface area contributed by atoms with E-state index in [1.165, 1.54) is 55.6 Å². The fourth-order valence-electron chi connectivity index (χ4n) is 2.60. The van der Waals surface area contributed by atoms with Gasteiger partial charge in [0, 0.05) is 0 Å². The van der Waals surface area contributed by atoms with Crippen LogP contribution in [0, 0.1) is 5.92 Å². The van der Waals surface area contributed by atoms with E-state index < -0.39 is 13.9 Å². The molecule has 0 amide bonds. The van der Waals surface area contributed by atoms with Crippen LogP contribution in [0.2, 0.25) is 16.0 Å². The Labute approximate surface area is 91.5 Å². The number of rotatable bonds is 3. The van der Waals surface area contributed by atoms with Gasteiger partial charge in [-0.3, -0.25) is 0 Å². The third-order valence-corrected chi connectivity index (χ3v) is 8.61. The van der Waals surface area contributed by atoms with Crippen molar-refractivity contribution in [2.45, 2.75) is 60.9 Å². The van der Waals surface area contributed by atoms with Crippen LogP contribution in [0.4, 0.5) is 0 Å². The average Bonchev–Trinajstić information content (AvgIpc) is 2.72. The van der Waals surface area contributed by atoms with Crippen molar-refractivity contribution in [2.24, 2.45) is 5.92 Å². The maximum absolute atomic E-state index is 12.0. The molecule has 80 valence electrons. The van der Waals surface area contributed by atoms with E-state index in [4.69, 9.17) is 0 Å². The molecule has 1 saturated heterocycles. The molecule has 0 aromatic carbocycles. The van der Waals surface area contributed by atoms with E-state index in [9.17, 15) is 4.79 Å². The molecule has 1 aliphatic heterocycles. The Kier molecular flexibility index (Phi) is 4.07. The van der Waals surface area contributed by atoms with Crippen LogP contribution in [-0.4, -0.2) is 19.7 Å². The first-order valence-corrected chi connectivity index (χ1v) is 9.66. The van der Waals surface area contributed by atoms with Crippen molar-refractivity contribution in [1.29, 1.82) is 0 Å². The van der Waals surface area contributed by atoms with Gasteiger partial charge < -0.3 is 0 Å². The summed E-state index contributed by atoms with van der Waals surface area (Å²) in [6, 6.07) is 0. The molecule has 2 heteroatoms. The minimum atomic E-state index is -0.428. The second kappa shape index (κ2) is 5.32. The fourth-order valence-corrected chi connectivity index (χ4v) is 7.54. The maximum atomic E-state index is 12.0. The zero-order chi connectivity index (χ0) is 9.80. The summed E-state index contributed by atoms with van der Waals surface area (Å²) in [5, 5.41) is 3.92. The van der Waals surface area contributed by atoms with Gasteiger partial charge in [-0.25, -0.2) is 0 Å². The van der Waals surface area contributed by atoms with Crippen molar-refractivity contribution in [2.75, 3.05) is 0 Å². The van der Waals surface area contributed by atoms with E-state index in [1.54, 1.807) is 0 Å². The summed E-state index contributed by atoms with van der Waals surface area (Å²) in [6.45, 7) is 0. The third-order valence-electron chi connectivity index (χ3n) is 3.52. The molecular weight excluding hydrogens is 239 g/mol. The van der Waals surface area contributed by atoms with Crippen LogP contribution in [0.5, 0.6) is 0 Å². The van der Waals surface area contributed by atoms with Gasteiger partial charge in [0.1, 0.15) is 0 Å². The summed E-state index contributed by atoms with van der Waals surface area (Å²) in [5.74, 6) is 1.13. The molecule has 0 N–H and O–H groups in total. The summed E-state index contributed by atoms with van der Waals surface area (Å²) in [6.07, 6.45) is 9.23. The van der Waals surface area contributed by atoms with Crippen molar-refractivity contribution < 1.29 is 4.79 Å². The first-order chi connectivity index (χ1) is 6.86. The van der Waals surface area contributed by atoms with Gasteiger partial charge in [0.25, 0.3) is 0 Å². The van der Waals surface area contributed by atoms with Crippen LogP contribution >= 0.6 is 0 Å². The average molecular weight is 260 g/mol. The van der Waals surface area contributed by atoms with Crippen molar-refractivity contribution in [3.05, 3.63) is 0 Å². The topological polar surface area (TPSA) is 17.1 Å². The normalized spacial score (nSPS) is 25.4. The molecule has 0 bridgehead atoms. The molecule has 1 nitrogen and oxygen atoms in total. The van der Waals surface area contributed by atoms with Crippen LogP contribution in [0.1, 0.15) is 44.9 Å². The van der Waals surface area contributed by atoms with Gasteiger partial charge in [0.05, 0.1) is 0 Å². The van der Waals surface area contributed by atoms with Gasteiger partial charge in [-0.1, -0.05) is 0 Å². The molecule has 1 aliphatic carbocycles. The first kappa shape index (κ1) is 10.7. The predicted molar refractivity (Wildman–Crippen MR) is 61.0 cm³/mol. The number of hydrogen-bond acceptors (Lipinski definition) is 1. The Hall–Kier alpha value is 0.189. The first-order valence-electron chi connectivity index (χ1n) is 6.03. The molecule has 0 aromatic heterocycles. The Morgan fingerprint density at radius 2 is 1.64 bits per heavy atom. The van der Waals surface area contributed by atoms with E-state index in [0.717, 1.165) is 5.32 Å². The molecule has 0 spiro atoms. The molecule has 14 heavy (non-hydrogen) atoms. The summed E-state index contributed by atoms with van der Waals surface area (Å²) in [4.78, 5) is 12.0. The van der Waals surface area contributed by atoms with Crippen LogP contribution in [0.25, 0.3) is 0 Å². The van der Waals surface area contributed by atoms with E-state index in [2.05, 4.69) is 0 Å². The number of carbonyl (C=O) groups excluding carboxylic acids is 1. The number of Topliss-reactive ketones (excluding diaryl/α,β-unsaturated/α-hetero) is 1. The minimum absolute atomic E-state index is 0.428. The van der Waals surface area contributed by atoms with Crippen molar-refractivity contribution in [3.63, 3.8) is 0 Å². The molecule has 1 saturated carbocycles. The van der Waals surface area contributed by atoms with E-state index in [-0.39, 0.29) is 0 Å². The van der Waals surface area contributed by atoms with E-state index in [0.29, 0.717) is 11.7 Å². The van der Waals surface area contributed by atoms with Crippen LogP contribution in [0.15, 0.2) is 0 Å². The van der Waals surface area contributed by atoms with Crippen molar-refractivity contribution >= 4 is 19.7 Å². The number of ketones is 1. The molecule has 0 unspecified atom stereocenters. The Balaban J connectivity index is 1.75. The second-order valence-corrected chi connectivity index (χ2v) is 9.56. The molecule has 0 atom stereocenters. The number of carbonyl (C=O) groups is 1. The molecule has 1 heterocycles. The fraction of sp³-hybridized carbons (Fsp3) is 0.917. The standard InChI is InChI=1S/C12H21OSe/c13-12(10-14-8-4-5-9-14)11-6-2-1-3-7-11/h11H,1-10H2/q+1. The summed E-state index contributed by atoms with van der Waals surface area (Å²) >= 11 is -0.428. The molecule has 2 fully saturated rings. The Morgan fingerprint density at radius 1 is 1.00 bits per heavy atom. The van der Waals surface area contributed by atoms with Gasteiger partial charge in [0.15, 0.2) is 0 Å². The summed E-state index contributed by atoms with van der Waals surface area (Å²) < 4.78 is 0. The molecule has 2 rings (SSSR count). The quantitative estimate of drug-likeness (QED) is 0.710. The van der Waals surface area contributed by atoms with Gasteiger partial charge in [-0.05, 0) is 0 Å². The van der Waals surface area contributed by atoms with Gasteiger partial charge in [-0.15, -0.1) is 0 Å². The monoisotopic (exact) mass is 261 g/mol. The number of hydrogen-bond donors (Lipinski definition) is 0. The van der Waals surface area contributed by atoms with Gasteiger partial charge in [-0.2, -0.15) is 0 Å². The SMILES string of the molecule is O=C(C[Se+]1CCCC1)C1CCCCC1. The predicted octanol–water partition coefficient (Wildman–Crippen LogP) is 3.42. The van der Waals surface area contributed by atoms with Crippen LogP contribution in [0.3, 0.4) is 0 Å². The molecule has 2 aliphatic rings. The van der Waals surface area contributed by atoms with E-state index >= 15 is 0 Å². The van der Waals surface area contributed by atoms with E-state index in [1.807, 2.05) is 0 Å². The zero-order valence-electron chi connectivity index (χ0n) is 8.96. The summed E-state index contributed by atoms with van der Waals surface area (Å²) in [5.41, 5.74) is 0. The van der Waals surface area contributed by atoms with Crippen LogP contribution < -0.4 is 0 Å². The zero-order valence-corrected chi connectivity index (χ0v) is 10.7. The Morgan fingerprint density at radius 3 is 2.29 bits per heavy atom. The molecular formula is C12H21OSe+. The van der Waals surface area contributed by atoms with Gasteiger partial charge >= 0.3 is 91.3 Å². The third kappa shape index (κ3) is 2.84.